The summed E-state index contributed by atoms with van der Waals surface area (Å²) < 4.78 is 37.7. The molecule has 1 fully saturated rings. The molecule has 0 spiro atoms. The summed E-state index contributed by atoms with van der Waals surface area (Å²) in [5.74, 6) is 1.03. The van der Waals surface area contributed by atoms with Crippen LogP contribution in [0, 0.1) is 5.92 Å². The van der Waals surface area contributed by atoms with Crippen LogP contribution in [0.2, 0.25) is 5.02 Å². The highest BCUT2D eigenvalue weighted by Crippen LogP contribution is 2.28. The molecule has 1 heterocycles. The number of carbonyl (C=O) groups excluding carboxylic acids is 1. The number of amides is 1. The molecule has 7 nitrogen and oxygen atoms in total. The largest absolute Gasteiger partial charge is 0.495 e. The minimum atomic E-state index is -3.51. The fourth-order valence-electron chi connectivity index (χ4n) is 3.20. The van der Waals surface area contributed by atoms with E-state index in [1.165, 1.54) is 23.5 Å². The van der Waals surface area contributed by atoms with Crippen LogP contribution in [-0.4, -0.2) is 45.4 Å². The van der Waals surface area contributed by atoms with Crippen LogP contribution in [0.1, 0.15) is 19.8 Å². The van der Waals surface area contributed by atoms with E-state index in [0.29, 0.717) is 41.2 Å². The van der Waals surface area contributed by atoms with Gasteiger partial charge in [-0.3, -0.25) is 4.79 Å². The second kappa shape index (κ2) is 9.68. The molecule has 1 aliphatic heterocycles. The number of rotatable bonds is 7. The number of hydrogen-bond donors (Lipinski definition) is 1. The molecule has 0 bridgehead atoms. The van der Waals surface area contributed by atoms with Gasteiger partial charge in [-0.15, -0.1) is 0 Å². The average molecular weight is 453 g/mol. The Morgan fingerprint density at radius 2 is 1.83 bits per heavy atom. The standard InChI is InChI=1S/C21H25ClN2O5S/c1-15-9-11-24(12-10-15)30(26,27)18-6-4-17(5-7-18)29-14-21(25)23-19-13-16(22)3-8-20(19)28-2/h3-8,13,15H,9-12,14H2,1-2H3,(H,23,25). The van der Waals surface area contributed by atoms with E-state index in [1.54, 1.807) is 30.3 Å². The quantitative estimate of drug-likeness (QED) is 0.690. The molecule has 2 aromatic rings. The fourth-order valence-corrected chi connectivity index (χ4v) is 4.84. The smallest absolute Gasteiger partial charge is 0.262 e. The number of methoxy groups -OCH3 is 1. The van der Waals surface area contributed by atoms with Gasteiger partial charge in [-0.1, -0.05) is 18.5 Å². The van der Waals surface area contributed by atoms with E-state index in [0.717, 1.165) is 12.8 Å². The number of carbonyl (C=O) groups is 1. The van der Waals surface area contributed by atoms with Gasteiger partial charge in [0.15, 0.2) is 6.61 Å². The van der Waals surface area contributed by atoms with Gasteiger partial charge in [0.05, 0.1) is 17.7 Å². The maximum atomic E-state index is 12.8. The van der Waals surface area contributed by atoms with Crippen molar-refractivity contribution in [3.8, 4) is 11.5 Å². The molecule has 2 aromatic carbocycles. The molecule has 0 aliphatic carbocycles. The van der Waals surface area contributed by atoms with E-state index in [2.05, 4.69) is 12.2 Å². The van der Waals surface area contributed by atoms with Gasteiger partial charge in [-0.2, -0.15) is 4.31 Å². The summed E-state index contributed by atoms with van der Waals surface area (Å²) in [5.41, 5.74) is 0.441. The summed E-state index contributed by atoms with van der Waals surface area (Å²) in [7, 11) is -2.02. The maximum absolute atomic E-state index is 12.8. The molecule has 3 rings (SSSR count). The highest BCUT2D eigenvalue weighted by Gasteiger charge is 2.27. The van der Waals surface area contributed by atoms with Gasteiger partial charge < -0.3 is 14.8 Å². The summed E-state index contributed by atoms with van der Waals surface area (Å²) in [5, 5.41) is 3.14. The van der Waals surface area contributed by atoms with Crippen molar-refractivity contribution in [2.24, 2.45) is 5.92 Å². The average Bonchev–Trinajstić information content (AvgIpc) is 2.73. The van der Waals surface area contributed by atoms with Crippen molar-refractivity contribution in [3.05, 3.63) is 47.5 Å². The predicted octanol–water partition coefficient (Wildman–Crippen LogP) is 3.79. The lowest BCUT2D eigenvalue weighted by molar-refractivity contribution is -0.118. The first-order valence-corrected chi connectivity index (χ1v) is 11.5. The van der Waals surface area contributed by atoms with E-state index in [4.69, 9.17) is 21.1 Å². The van der Waals surface area contributed by atoms with Gasteiger partial charge in [-0.05, 0) is 61.2 Å². The summed E-state index contributed by atoms with van der Waals surface area (Å²) in [6, 6.07) is 11.0. The first kappa shape index (κ1) is 22.4. The zero-order chi connectivity index (χ0) is 21.7. The van der Waals surface area contributed by atoms with Crippen LogP contribution in [-0.2, 0) is 14.8 Å². The summed E-state index contributed by atoms with van der Waals surface area (Å²) in [6.45, 7) is 2.96. The summed E-state index contributed by atoms with van der Waals surface area (Å²) in [4.78, 5) is 12.4. The Morgan fingerprint density at radius 1 is 1.17 bits per heavy atom. The van der Waals surface area contributed by atoms with Crippen LogP contribution in [0.25, 0.3) is 0 Å². The normalized spacial score (nSPS) is 15.6. The number of anilines is 1. The van der Waals surface area contributed by atoms with E-state index in [-0.39, 0.29) is 11.5 Å². The lowest BCUT2D eigenvalue weighted by Gasteiger charge is -2.29. The van der Waals surface area contributed by atoms with Gasteiger partial charge in [-0.25, -0.2) is 8.42 Å². The van der Waals surface area contributed by atoms with Crippen LogP contribution >= 0.6 is 11.6 Å². The Morgan fingerprint density at radius 3 is 2.47 bits per heavy atom. The van der Waals surface area contributed by atoms with Gasteiger partial charge >= 0.3 is 0 Å². The molecular weight excluding hydrogens is 428 g/mol. The van der Waals surface area contributed by atoms with Gasteiger partial charge in [0.25, 0.3) is 5.91 Å². The number of benzene rings is 2. The number of ether oxygens (including phenoxy) is 2. The highest BCUT2D eigenvalue weighted by molar-refractivity contribution is 7.89. The number of nitrogens with zero attached hydrogens (tertiary/aromatic N) is 1. The first-order valence-electron chi connectivity index (χ1n) is 9.66. The zero-order valence-electron chi connectivity index (χ0n) is 16.9. The maximum Gasteiger partial charge on any atom is 0.262 e. The summed E-state index contributed by atoms with van der Waals surface area (Å²) >= 11 is 5.95. The lowest BCUT2D eigenvalue weighted by Crippen LogP contribution is -2.37. The molecule has 1 saturated heterocycles. The van der Waals surface area contributed by atoms with Gasteiger partial charge in [0.2, 0.25) is 10.0 Å². The second-order valence-electron chi connectivity index (χ2n) is 7.24. The van der Waals surface area contributed by atoms with Crippen molar-refractivity contribution in [1.82, 2.24) is 4.31 Å². The zero-order valence-corrected chi connectivity index (χ0v) is 18.5. The van der Waals surface area contributed by atoms with E-state index in [1.807, 2.05) is 0 Å². The molecule has 1 aliphatic rings. The van der Waals surface area contributed by atoms with Crippen LogP contribution < -0.4 is 14.8 Å². The summed E-state index contributed by atoms with van der Waals surface area (Å²) in [6.07, 6.45) is 1.74. The Balaban J connectivity index is 1.58. The first-order chi connectivity index (χ1) is 14.3. The molecule has 9 heteroatoms. The SMILES string of the molecule is COc1ccc(Cl)cc1NC(=O)COc1ccc(S(=O)(=O)N2CCC(C)CC2)cc1. The molecule has 30 heavy (non-hydrogen) atoms. The highest BCUT2D eigenvalue weighted by atomic mass is 35.5. The minimum absolute atomic E-state index is 0.220. The van der Waals surface area contributed by atoms with Crippen LogP contribution in [0.3, 0.4) is 0 Å². The number of halogens is 1. The molecule has 1 amide bonds. The number of hydrogen-bond acceptors (Lipinski definition) is 5. The van der Waals surface area contributed by atoms with Crippen LogP contribution in [0.15, 0.2) is 47.4 Å². The molecule has 0 aromatic heterocycles. The number of nitrogens with one attached hydrogen (secondary N) is 1. The Bertz CT molecular complexity index is 987. The Hall–Kier alpha value is -2.29. The third-order valence-corrected chi connectivity index (χ3v) is 7.16. The van der Waals surface area contributed by atoms with Crippen molar-refractivity contribution in [3.63, 3.8) is 0 Å². The third kappa shape index (κ3) is 5.44. The molecule has 0 radical (unpaired) electrons. The molecule has 0 atom stereocenters. The fraction of sp³-hybridized carbons (Fsp3) is 0.381. The predicted molar refractivity (Wildman–Crippen MR) is 116 cm³/mol. The van der Waals surface area contributed by atoms with Crippen LogP contribution in [0.5, 0.6) is 11.5 Å². The molecule has 0 unspecified atom stereocenters. The minimum Gasteiger partial charge on any atom is -0.495 e. The van der Waals surface area contributed by atoms with E-state index in [9.17, 15) is 13.2 Å². The van der Waals surface area contributed by atoms with Crippen molar-refractivity contribution in [1.29, 1.82) is 0 Å². The van der Waals surface area contributed by atoms with Gasteiger partial charge in [0.1, 0.15) is 11.5 Å². The topological polar surface area (TPSA) is 84.9 Å². The van der Waals surface area contributed by atoms with Crippen molar-refractivity contribution < 1.29 is 22.7 Å². The van der Waals surface area contributed by atoms with Crippen molar-refractivity contribution >= 4 is 33.2 Å². The van der Waals surface area contributed by atoms with Crippen LogP contribution in [0.4, 0.5) is 5.69 Å². The molecule has 1 N–H and O–H groups in total. The lowest BCUT2D eigenvalue weighted by atomic mass is 10.0. The van der Waals surface area contributed by atoms with Crippen molar-refractivity contribution in [2.75, 3.05) is 32.1 Å². The monoisotopic (exact) mass is 452 g/mol. The Kier molecular flexibility index (Phi) is 7.23. The number of sulfonamides is 1. The molecule has 162 valence electrons. The Labute approximate surface area is 182 Å². The third-order valence-electron chi connectivity index (χ3n) is 5.01. The van der Waals surface area contributed by atoms with Gasteiger partial charge in [0, 0.05) is 18.1 Å². The van der Waals surface area contributed by atoms with E-state index >= 15 is 0 Å². The van der Waals surface area contributed by atoms with E-state index < -0.39 is 15.9 Å². The molecular formula is C21H25ClN2O5S. The number of piperidine rings is 1. The molecule has 0 saturated carbocycles. The van der Waals surface area contributed by atoms with Crippen molar-refractivity contribution in [2.45, 2.75) is 24.7 Å². The second-order valence-corrected chi connectivity index (χ2v) is 9.61.